The number of ether oxygens (including phenoxy) is 1. The molecule has 0 bridgehead atoms. The van der Waals surface area contributed by atoms with Gasteiger partial charge in [0.25, 0.3) is 0 Å². The summed E-state index contributed by atoms with van der Waals surface area (Å²) in [5.41, 5.74) is 1.41. The van der Waals surface area contributed by atoms with Crippen LogP contribution in [0, 0.1) is 5.92 Å². The van der Waals surface area contributed by atoms with Gasteiger partial charge in [0.1, 0.15) is 18.5 Å². The van der Waals surface area contributed by atoms with Crippen LogP contribution in [0.1, 0.15) is 44.6 Å². The Kier molecular flexibility index (Phi) is 5.10. The molecule has 0 radical (unpaired) electrons. The van der Waals surface area contributed by atoms with Gasteiger partial charge in [0.2, 0.25) is 0 Å². The third kappa shape index (κ3) is 4.47. The van der Waals surface area contributed by atoms with Crippen molar-refractivity contribution in [3.8, 4) is 5.75 Å². The Bertz CT molecular complexity index is 436. The molecule has 20 heavy (non-hydrogen) atoms. The highest BCUT2D eigenvalue weighted by Crippen LogP contribution is 2.37. The molecule has 0 amide bonds. The van der Waals surface area contributed by atoms with Crippen molar-refractivity contribution in [1.29, 1.82) is 0 Å². The van der Waals surface area contributed by atoms with Gasteiger partial charge in [-0.25, -0.2) is 0 Å². The number of thiophene rings is 1. The van der Waals surface area contributed by atoms with Crippen LogP contribution >= 0.6 is 11.3 Å². The normalized spacial score (nSPS) is 20.6. The molecule has 0 saturated heterocycles. The molecule has 1 heterocycles. The molecule has 0 spiro atoms. The van der Waals surface area contributed by atoms with Gasteiger partial charge >= 0.3 is 0 Å². The van der Waals surface area contributed by atoms with Gasteiger partial charge in [-0.05, 0) is 46.0 Å². The minimum absolute atomic E-state index is 0.0258. The predicted octanol–water partition coefficient (Wildman–Crippen LogP) is 3.00. The zero-order valence-corrected chi connectivity index (χ0v) is 13.8. The van der Waals surface area contributed by atoms with Gasteiger partial charge in [0, 0.05) is 27.9 Å². The van der Waals surface area contributed by atoms with Crippen LogP contribution in [0.25, 0.3) is 0 Å². The second-order valence-electron chi connectivity index (χ2n) is 6.95. The zero-order valence-electron chi connectivity index (χ0n) is 13.0. The molecular formula is C16H27NO2S. The standard InChI is InChI=1S/C16H27NO2S/c1-11-5-6-15-13(7-11)14(10-20-15)19-9-12(18)8-17-16(2,3)4/h10-12,17-18H,5-9H2,1-4H3. The molecular weight excluding hydrogens is 270 g/mol. The second kappa shape index (κ2) is 6.46. The first-order valence-electron chi connectivity index (χ1n) is 7.50. The molecule has 114 valence electrons. The molecule has 4 heteroatoms. The van der Waals surface area contributed by atoms with Crippen molar-refractivity contribution in [1.82, 2.24) is 5.32 Å². The van der Waals surface area contributed by atoms with E-state index in [2.05, 4.69) is 38.4 Å². The fraction of sp³-hybridized carbons (Fsp3) is 0.750. The number of aliphatic hydroxyl groups excluding tert-OH is 1. The summed E-state index contributed by atoms with van der Waals surface area (Å²) in [5, 5.41) is 15.4. The molecule has 2 N–H and O–H groups in total. The van der Waals surface area contributed by atoms with Crippen molar-refractivity contribution in [3.63, 3.8) is 0 Å². The first-order chi connectivity index (χ1) is 9.35. The van der Waals surface area contributed by atoms with E-state index in [9.17, 15) is 5.11 Å². The van der Waals surface area contributed by atoms with Gasteiger partial charge in [-0.2, -0.15) is 0 Å². The lowest BCUT2D eigenvalue weighted by atomic mass is 9.90. The number of rotatable bonds is 5. The summed E-state index contributed by atoms with van der Waals surface area (Å²) in [5.74, 6) is 1.73. The number of aliphatic hydroxyl groups is 1. The summed E-state index contributed by atoms with van der Waals surface area (Å²) in [6, 6.07) is 0. The molecule has 1 aliphatic rings. The van der Waals surface area contributed by atoms with Gasteiger partial charge in [0.15, 0.2) is 0 Å². The summed E-state index contributed by atoms with van der Waals surface area (Å²) in [7, 11) is 0. The highest BCUT2D eigenvalue weighted by Gasteiger charge is 2.21. The van der Waals surface area contributed by atoms with Crippen molar-refractivity contribution in [2.45, 2.75) is 58.6 Å². The Morgan fingerprint density at radius 2 is 2.25 bits per heavy atom. The van der Waals surface area contributed by atoms with Crippen LogP contribution in [0.2, 0.25) is 0 Å². The Labute approximate surface area is 126 Å². The number of nitrogens with one attached hydrogen (secondary N) is 1. The number of hydrogen-bond acceptors (Lipinski definition) is 4. The van der Waals surface area contributed by atoms with Gasteiger partial charge < -0.3 is 15.2 Å². The highest BCUT2D eigenvalue weighted by atomic mass is 32.1. The van der Waals surface area contributed by atoms with Crippen molar-refractivity contribution in [2.75, 3.05) is 13.2 Å². The minimum atomic E-state index is -0.467. The SMILES string of the molecule is CC1CCc2scc(OCC(O)CNC(C)(C)C)c2C1. The van der Waals surface area contributed by atoms with E-state index in [0.29, 0.717) is 13.2 Å². The van der Waals surface area contributed by atoms with Crippen molar-refractivity contribution in [3.05, 3.63) is 15.8 Å². The molecule has 0 fully saturated rings. The quantitative estimate of drug-likeness (QED) is 0.878. The summed E-state index contributed by atoms with van der Waals surface area (Å²) in [6.45, 7) is 9.50. The molecule has 3 nitrogen and oxygen atoms in total. The average molecular weight is 297 g/mol. The smallest absolute Gasteiger partial charge is 0.133 e. The topological polar surface area (TPSA) is 41.5 Å². The van der Waals surface area contributed by atoms with Gasteiger partial charge in [-0.1, -0.05) is 6.92 Å². The number of fused-ring (bicyclic) bond motifs is 1. The summed E-state index contributed by atoms with van der Waals surface area (Å²) in [6.07, 6.45) is 3.11. The van der Waals surface area contributed by atoms with Crippen LogP contribution in [0.3, 0.4) is 0 Å². The van der Waals surface area contributed by atoms with Crippen LogP contribution in [-0.2, 0) is 12.8 Å². The third-order valence-corrected chi connectivity index (χ3v) is 4.73. The Balaban J connectivity index is 1.84. The number of hydrogen-bond donors (Lipinski definition) is 2. The maximum Gasteiger partial charge on any atom is 0.133 e. The van der Waals surface area contributed by atoms with E-state index < -0.39 is 6.10 Å². The maximum absolute atomic E-state index is 9.98. The largest absolute Gasteiger partial charge is 0.490 e. The zero-order chi connectivity index (χ0) is 14.8. The van der Waals surface area contributed by atoms with Crippen LogP contribution in [0.5, 0.6) is 5.75 Å². The highest BCUT2D eigenvalue weighted by molar-refractivity contribution is 7.10. The molecule has 1 aliphatic carbocycles. The van der Waals surface area contributed by atoms with Gasteiger partial charge in [0.05, 0.1) is 0 Å². The van der Waals surface area contributed by atoms with Crippen LogP contribution in [-0.4, -0.2) is 29.9 Å². The lowest BCUT2D eigenvalue weighted by Gasteiger charge is -2.23. The molecule has 1 aromatic heterocycles. The summed E-state index contributed by atoms with van der Waals surface area (Å²) in [4.78, 5) is 1.47. The third-order valence-electron chi connectivity index (χ3n) is 3.66. The molecule has 0 aromatic carbocycles. The van der Waals surface area contributed by atoms with E-state index in [1.165, 1.54) is 23.3 Å². The molecule has 2 unspecified atom stereocenters. The summed E-state index contributed by atoms with van der Waals surface area (Å²) < 4.78 is 5.84. The first kappa shape index (κ1) is 15.8. The molecule has 1 aromatic rings. The minimum Gasteiger partial charge on any atom is -0.490 e. The van der Waals surface area contributed by atoms with Crippen LogP contribution in [0.15, 0.2) is 5.38 Å². The van der Waals surface area contributed by atoms with E-state index in [-0.39, 0.29) is 5.54 Å². The van der Waals surface area contributed by atoms with E-state index in [4.69, 9.17) is 4.74 Å². The molecule has 0 aliphatic heterocycles. The van der Waals surface area contributed by atoms with Crippen LogP contribution < -0.4 is 10.1 Å². The average Bonchev–Trinajstić information content (AvgIpc) is 2.75. The van der Waals surface area contributed by atoms with Gasteiger partial charge in [-0.3, -0.25) is 0 Å². The van der Waals surface area contributed by atoms with E-state index in [1.807, 2.05) is 0 Å². The fourth-order valence-electron chi connectivity index (χ4n) is 2.45. The Hall–Kier alpha value is -0.580. The van der Waals surface area contributed by atoms with Crippen molar-refractivity contribution < 1.29 is 9.84 Å². The second-order valence-corrected chi connectivity index (χ2v) is 7.91. The number of β-amino-alcohol motifs (C(OH)–C–C–N with tert-alkyl or cyclic N) is 1. The monoisotopic (exact) mass is 297 g/mol. The number of aryl methyl sites for hydroxylation is 1. The lowest BCUT2D eigenvalue weighted by molar-refractivity contribution is 0.0996. The van der Waals surface area contributed by atoms with Crippen molar-refractivity contribution >= 4 is 11.3 Å². The Morgan fingerprint density at radius 1 is 1.50 bits per heavy atom. The first-order valence-corrected chi connectivity index (χ1v) is 8.38. The Morgan fingerprint density at radius 3 is 2.95 bits per heavy atom. The van der Waals surface area contributed by atoms with Crippen molar-refractivity contribution in [2.24, 2.45) is 5.92 Å². The molecule has 0 saturated carbocycles. The predicted molar refractivity (Wildman–Crippen MR) is 84.8 cm³/mol. The van der Waals surface area contributed by atoms with Gasteiger partial charge in [-0.15, -0.1) is 11.3 Å². The molecule has 2 atom stereocenters. The summed E-state index contributed by atoms with van der Waals surface area (Å²) >= 11 is 1.80. The lowest BCUT2D eigenvalue weighted by Crippen LogP contribution is -2.42. The van der Waals surface area contributed by atoms with E-state index in [1.54, 1.807) is 11.3 Å². The van der Waals surface area contributed by atoms with E-state index >= 15 is 0 Å². The fourth-order valence-corrected chi connectivity index (χ4v) is 3.47. The maximum atomic E-state index is 9.98. The molecule has 2 rings (SSSR count). The van der Waals surface area contributed by atoms with E-state index in [0.717, 1.165) is 18.1 Å². The van der Waals surface area contributed by atoms with Crippen LogP contribution in [0.4, 0.5) is 0 Å².